The van der Waals surface area contributed by atoms with Gasteiger partial charge in [-0.25, -0.2) is 0 Å². The third-order valence-electron chi connectivity index (χ3n) is 3.39. The van der Waals surface area contributed by atoms with E-state index in [9.17, 15) is 0 Å². The molecule has 0 saturated heterocycles. The molecule has 0 aromatic heterocycles. The minimum atomic E-state index is 0. The van der Waals surface area contributed by atoms with Gasteiger partial charge in [-0.1, -0.05) is 37.6 Å². The first-order valence-corrected chi connectivity index (χ1v) is 8.39. The predicted molar refractivity (Wildman–Crippen MR) is 111 cm³/mol. The maximum atomic E-state index is 5.54. The number of nitrogens with one attached hydrogen (secondary N) is 2. The summed E-state index contributed by atoms with van der Waals surface area (Å²) in [6, 6.07) is 8.36. The highest BCUT2D eigenvalue weighted by Crippen LogP contribution is 2.06. The van der Waals surface area contributed by atoms with Gasteiger partial charge in [-0.3, -0.25) is 4.99 Å². The average Bonchev–Trinajstić information content (AvgIpc) is 2.57. The first kappa shape index (κ1) is 23.1. The molecule has 0 fully saturated rings. The van der Waals surface area contributed by atoms with Gasteiger partial charge in [0.25, 0.3) is 0 Å². The first-order chi connectivity index (χ1) is 11.3. The van der Waals surface area contributed by atoms with Crippen molar-refractivity contribution in [1.82, 2.24) is 10.6 Å². The van der Waals surface area contributed by atoms with Crippen molar-refractivity contribution in [3.05, 3.63) is 35.4 Å². The summed E-state index contributed by atoms with van der Waals surface area (Å²) < 4.78 is 10.7. The molecule has 0 unspecified atom stereocenters. The molecule has 0 saturated carbocycles. The molecule has 0 aliphatic rings. The summed E-state index contributed by atoms with van der Waals surface area (Å²) in [4.78, 5) is 4.24. The SMILES string of the molecule is CCCCOCCCNC(=NC)NCc1cccc(COC)c1.I. The van der Waals surface area contributed by atoms with E-state index in [2.05, 4.69) is 46.8 Å². The number of ether oxygens (including phenoxy) is 2. The predicted octanol–water partition coefficient (Wildman–Crippen LogP) is 3.32. The molecule has 1 aromatic carbocycles. The fraction of sp³-hybridized carbons (Fsp3) is 0.611. The molecule has 5 nitrogen and oxygen atoms in total. The highest BCUT2D eigenvalue weighted by Gasteiger charge is 1.99. The molecule has 0 aliphatic carbocycles. The fourth-order valence-electron chi connectivity index (χ4n) is 2.13. The molecule has 1 aromatic rings. The summed E-state index contributed by atoms with van der Waals surface area (Å²) >= 11 is 0. The fourth-order valence-corrected chi connectivity index (χ4v) is 2.13. The maximum absolute atomic E-state index is 5.54. The molecule has 0 heterocycles. The van der Waals surface area contributed by atoms with E-state index >= 15 is 0 Å². The van der Waals surface area contributed by atoms with Crippen molar-refractivity contribution in [2.75, 3.05) is 33.9 Å². The van der Waals surface area contributed by atoms with Crippen molar-refractivity contribution < 1.29 is 9.47 Å². The molecule has 6 heteroatoms. The second kappa shape index (κ2) is 15.7. The molecule has 138 valence electrons. The summed E-state index contributed by atoms with van der Waals surface area (Å²) in [6.45, 7) is 6.06. The van der Waals surface area contributed by atoms with Crippen LogP contribution in [0.15, 0.2) is 29.3 Å². The van der Waals surface area contributed by atoms with Crippen molar-refractivity contribution >= 4 is 29.9 Å². The Balaban J connectivity index is 0.00000529. The number of nitrogens with zero attached hydrogens (tertiary/aromatic N) is 1. The average molecular weight is 449 g/mol. The lowest BCUT2D eigenvalue weighted by Gasteiger charge is -2.12. The van der Waals surface area contributed by atoms with Gasteiger partial charge in [0.2, 0.25) is 0 Å². The van der Waals surface area contributed by atoms with Crippen LogP contribution in [0.25, 0.3) is 0 Å². The maximum Gasteiger partial charge on any atom is 0.191 e. The van der Waals surface area contributed by atoms with Crippen molar-refractivity contribution in [1.29, 1.82) is 0 Å². The minimum absolute atomic E-state index is 0. The molecule has 1 rings (SSSR count). The van der Waals surface area contributed by atoms with Gasteiger partial charge in [0, 0.05) is 40.5 Å². The number of aliphatic imine (C=N–C) groups is 1. The van der Waals surface area contributed by atoms with Crippen molar-refractivity contribution in [3.8, 4) is 0 Å². The lowest BCUT2D eigenvalue weighted by Crippen LogP contribution is -2.37. The first-order valence-electron chi connectivity index (χ1n) is 8.39. The third kappa shape index (κ3) is 10.8. The van der Waals surface area contributed by atoms with Gasteiger partial charge in [-0.15, -0.1) is 24.0 Å². The van der Waals surface area contributed by atoms with Gasteiger partial charge in [0.05, 0.1) is 6.61 Å². The number of rotatable bonds is 11. The van der Waals surface area contributed by atoms with Crippen molar-refractivity contribution in [2.24, 2.45) is 4.99 Å². The van der Waals surface area contributed by atoms with E-state index in [0.29, 0.717) is 6.61 Å². The Bertz CT molecular complexity index is 456. The van der Waals surface area contributed by atoms with Crippen LogP contribution in [0.2, 0.25) is 0 Å². The van der Waals surface area contributed by atoms with E-state index in [0.717, 1.165) is 45.1 Å². The zero-order valence-electron chi connectivity index (χ0n) is 15.1. The number of halogens is 1. The Hall–Kier alpha value is -0.860. The van der Waals surface area contributed by atoms with Crippen LogP contribution in [-0.4, -0.2) is 39.9 Å². The molecule has 0 spiro atoms. The van der Waals surface area contributed by atoms with Crippen molar-refractivity contribution in [2.45, 2.75) is 39.3 Å². The lowest BCUT2D eigenvalue weighted by atomic mass is 10.1. The number of benzene rings is 1. The van der Waals surface area contributed by atoms with Crippen LogP contribution in [0.5, 0.6) is 0 Å². The zero-order valence-corrected chi connectivity index (χ0v) is 17.5. The summed E-state index contributed by atoms with van der Waals surface area (Å²) in [5.74, 6) is 0.815. The number of methoxy groups -OCH3 is 1. The van der Waals surface area contributed by atoms with Crippen LogP contribution in [0.4, 0.5) is 0 Å². The highest BCUT2D eigenvalue weighted by molar-refractivity contribution is 14.0. The second-order valence-corrected chi connectivity index (χ2v) is 5.42. The molecule has 0 bridgehead atoms. The molecule has 0 radical (unpaired) electrons. The van der Waals surface area contributed by atoms with Crippen LogP contribution in [0.1, 0.15) is 37.3 Å². The number of guanidine groups is 1. The van der Waals surface area contributed by atoms with Crippen LogP contribution in [0.3, 0.4) is 0 Å². The third-order valence-corrected chi connectivity index (χ3v) is 3.39. The van der Waals surface area contributed by atoms with E-state index in [1.165, 1.54) is 17.5 Å². The molecular weight excluding hydrogens is 417 g/mol. The van der Waals surface area contributed by atoms with E-state index < -0.39 is 0 Å². The molecule has 24 heavy (non-hydrogen) atoms. The summed E-state index contributed by atoms with van der Waals surface area (Å²) in [5, 5.41) is 6.63. The Morgan fingerprint density at radius 2 is 1.88 bits per heavy atom. The summed E-state index contributed by atoms with van der Waals surface area (Å²) in [5.41, 5.74) is 2.39. The van der Waals surface area contributed by atoms with E-state index in [-0.39, 0.29) is 24.0 Å². The highest BCUT2D eigenvalue weighted by atomic mass is 127. The second-order valence-electron chi connectivity index (χ2n) is 5.42. The van der Waals surface area contributed by atoms with Crippen LogP contribution in [-0.2, 0) is 22.6 Å². The Kier molecular flexibility index (Phi) is 15.1. The van der Waals surface area contributed by atoms with Crippen LogP contribution < -0.4 is 10.6 Å². The van der Waals surface area contributed by atoms with Gasteiger partial charge < -0.3 is 20.1 Å². The topological polar surface area (TPSA) is 54.9 Å². The smallest absolute Gasteiger partial charge is 0.191 e. The zero-order chi connectivity index (χ0) is 16.8. The van der Waals surface area contributed by atoms with Gasteiger partial charge in [0.1, 0.15) is 0 Å². The van der Waals surface area contributed by atoms with Crippen LogP contribution >= 0.6 is 24.0 Å². The molecular formula is C18H32IN3O2. The number of hydrogen-bond donors (Lipinski definition) is 2. The van der Waals surface area contributed by atoms with Gasteiger partial charge in [-0.2, -0.15) is 0 Å². The van der Waals surface area contributed by atoms with Gasteiger partial charge in [0.15, 0.2) is 5.96 Å². The molecule has 2 N–H and O–H groups in total. The van der Waals surface area contributed by atoms with E-state index in [4.69, 9.17) is 9.47 Å². The number of unbranched alkanes of at least 4 members (excludes halogenated alkanes) is 1. The quantitative estimate of drug-likeness (QED) is 0.236. The lowest BCUT2D eigenvalue weighted by molar-refractivity contribution is 0.129. The standard InChI is InChI=1S/C18H31N3O2.HI/c1-4-5-11-23-12-7-10-20-18(19-2)21-14-16-8-6-9-17(13-16)15-22-3;/h6,8-9,13H,4-5,7,10-12,14-15H2,1-3H3,(H2,19,20,21);1H. The van der Waals surface area contributed by atoms with Crippen LogP contribution in [0, 0.1) is 0 Å². The van der Waals surface area contributed by atoms with E-state index in [1.54, 1.807) is 14.2 Å². The van der Waals surface area contributed by atoms with Crippen molar-refractivity contribution in [3.63, 3.8) is 0 Å². The Morgan fingerprint density at radius 3 is 2.58 bits per heavy atom. The van der Waals surface area contributed by atoms with Gasteiger partial charge >= 0.3 is 0 Å². The molecule has 0 amide bonds. The Labute approximate surface area is 163 Å². The summed E-state index contributed by atoms with van der Waals surface area (Å²) in [7, 11) is 3.50. The Morgan fingerprint density at radius 1 is 1.12 bits per heavy atom. The van der Waals surface area contributed by atoms with E-state index in [1.807, 2.05) is 0 Å². The van der Waals surface area contributed by atoms with Gasteiger partial charge in [-0.05, 0) is 24.0 Å². The number of hydrogen-bond acceptors (Lipinski definition) is 3. The molecule has 0 aliphatic heterocycles. The largest absolute Gasteiger partial charge is 0.381 e. The monoisotopic (exact) mass is 449 g/mol. The summed E-state index contributed by atoms with van der Waals surface area (Å²) in [6.07, 6.45) is 3.30. The molecule has 0 atom stereocenters. The minimum Gasteiger partial charge on any atom is -0.381 e. The normalized spacial score (nSPS) is 11.0.